The van der Waals surface area contributed by atoms with Crippen LogP contribution in [0.2, 0.25) is 0 Å². The normalized spacial score (nSPS) is 10.3. The molecule has 0 unspecified atom stereocenters. The molecule has 0 bridgehead atoms. The van der Waals surface area contributed by atoms with Crippen molar-refractivity contribution in [1.29, 1.82) is 0 Å². The molecule has 0 radical (unpaired) electrons. The summed E-state index contributed by atoms with van der Waals surface area (Å²) >= 11 is 0. The van der Waals surface area contributed by atoms with Crippen molar-refractivity contribution in [2.24, 2.45) is 0 Å². The molecule has 2 aromatic carbocycles. The van der Waals surface area contributed by atoms with Crippen molar-refractivity contribution < 1.29 is 28.3 Å². The summed E-state index contributed by atoms with van der Waals surface area (Å²) in [7, 11) is 4.60. The van der Waals surface area contributed by atoms with E-state index in [-0.39, 0.29) is 18.2 Å². The van der Waals surface area contributed by atoms with Gasteiger partial charge in [0.05, 0.1) is 27.4 Å². The van der Waals surface area contributed by atoms with Crippen molar-refractivity contribution in [3.05, 3.63) is 65.4 Å². The molecule has 8 heteroatoms. The molecule has 0 saturated carbocycles. The van der Waals surface area contributed by atoms with Crippen molar-refractivity contribution in [2.75, 3.05) is 21.3 Å². The Bertz CT molecular complexity index is 930. The third-order valence-electron chi connectivity index (χ3n) is 4.12. The molecule has 0 aliphatic rings. The van der Waals surface area contributed by atoms with Crippen molar-refractivity contribution >= 4 is 5.91 Å². The molecule has 1 N–H and O–H groups in total. The van der Waals surface area contributed by atoms with E-state index < -0.39 is 5.91 Å². The van der Waals surface area contributed by atoms with Gasteiger partial charge < -0.3 is 28.8 Å². The first-order valence-corrected chi connectivity index (χ1v) is 8.85. The first-order chi connectivity index (χ1) is 14.1. The number of aromatic nitrogens is 1. The second-order valence-corrected chi connectivity index (χ2v) is 6.02. The molecular weight excluding hydrogens is 376 g/mol. The summed E-state index contributed by atoms with van der Waals surface area (Å²) in [5.74, 6) is 1.38. The van der Waals surface area contributed by atoms with Crippen molar-refractivity contribution in [1.82, 2.24) is 10.5 Å². The lowest BCUT2D eigenvalue weighted by Crippen LogP contribution is -2.22. The smallest absolute Gasteiger partial charge is 0.290 e. The zero-order valence-electron chi connectivity index (χ0n) is 16.4. The number of benzene rings is 2. The van der Waals surface area contributed by atoms with Gasteiger partial charge >= 0.3 is 0 Å². The lowest BCUT2D eigenvalue weighted by molar-refractivity contribution is 0.0913. The summed E-state index contributed by atoms with van der Waals surface area (Å²) in [6.07, 6.45) is 0. The Morgan fingerprint density at radius 3 is 2.28 bits per heavy atom. The first kappa shape index (κ1) is 20.1. The maximum atomic E-state index is 12.4. The van der Waals surface area contributed by atoms with Crippen LogP contribution in [-0.2, 0) is 13.2 Å². The van der Waals surface area contributed by atoms with E-state index in [1.807, 2.05) is 30.3 Å². The second-order valence-electron chi connectivity index (χ2n) is 6.02. The van der Waals surface area contributed by atoms with Crippen LogP contribution in [0.15, 0.2) is 53.1 Å². The van der Waals surface area contributed by atoms with Gasteiger partial charge in [0.25, 0.3) is 11.8 Å². The lowest BCUT2D eigenvalue weighted by atomic mass is 10.1. The standard InChI is InChI=1S/C21H22N2O6/c1-25-16-9-15(10-17(26-2)20(16)27-3)12-22-21(24)18-11-19(23-29-18)28-13-14-7-5-4-6-8-14/h4-11H,12-13H2,1-3H3,(H,22,24). The van der Waals surface area contributed by atoms with Crippen LogP contribution in [0.4, 0.5) is 0 Å². The number of methoxy groups -OCH3 is 3. The number of hydrogen-bond donors (Lipinski definition) is 1. The number of carbonyl (C=O) groups is 1. The van der Waals surface area contributed by atoms with Gasteiger partial charge in [-0.1, -0.05) is 30.3 Å². The minimum absolute atomic E-state index is 0.0560. The number of nitrogens with zero attached hydrogens (tertiary/aromatic N) is 1. The largest absolute Gasteiger partial charge is 0.493 e. The average Bonchev–Trinajstić information content (AvgIpc) is 3.25. The van der Waals surface area contributed by atoms with Crippen LogP contribution in [0.5, 0.6) is 23.1 Å². The van der Waals surface area contributed by atoms with E-state index in [0.29, 0.717) is 23.9 Å². The quantitative estimate of drug-likeness (QED) is 0.592. The van der Waals surface area contributed by atoms with E-state index in [9.17, 15) is 4.79 Å². The summed E-state index contributed by atoms with van der Waals surface area (Å²) in [5.41, 5.74) is 1.76. The molecule has 8 nitrogen and oxygen atoms in total. The zero-order valence-corrected chi connectivity index (χ0v) is 16.4. The molecular formula is C21H22N2O6. The van der Waals surface area contributed by atoms with E-state index in [1.165, 1.54) is 27.4 Å². The topological polar surface area (TPSA) is 92.1 Å². The molecule has 29 heavy (non-hydrogen) atoms. The molecule has 3 rings (SSSR count). The predicted octanol–water partition coefficient (Wildman–Crippen LogP) is 3.21. The predicted molar refractivity (Wildman–Crippen MR) is 105 cm³/mol. The van der Waals surface area contributed by atoms with Gasteiger partial charge in [0.2, 0.25) is 11.5 Å². The van der Waals surface area contributed by atoms with Gasteiger partial charge in [0, 0.05) is 6.54 Å². The second kappa shape index (κ2) is 9.50. The van der Waals surface area contributed by atoms with Gasteiger partial charge in [-0.05, 0) is 28.4 Å². The maximum Gasteiger partial charge on any atom is 0.290 e. The third-order valence-corrected chi connectivity index (χ3v) is 4.12. The number of hydrogen-bond acceptors (Lipinski definition) is 7. The Morgan fingerprint density at radius 2 is 1.66 bits per heavy atom. The molecule has 1 amide bonds. The lowest BCUT2D eigenvalue weighted by Gasteiger charge is -2.14. The van der Waals surface area contributed by atoms with Crippen LogP contribution < -0.4 is 24.3 Å². The fraction of sp³-hybridized carbons (Fsp3) is 0.238. The van der Waals surface area contributed by atoms with E-state index in [1.54, 1.807) is 12.1 Å². The Kier molecular flexibility index (Phi) is 6.57. The summed E-state index contributed by atoms with van der Waals surface area (Å²) in [6.45, 7) is 0.566. The molecule has 0 atom stereocenters. The van der Waals surface area contributed by atoms with E-state index >= 15 is 0 Å². The highest BCUT2D eigenvalue weighted by Crippen LogP contribution is 2.38. The Hall–Kier alpha value is -3.68. The molecule has 0 aliphatic carbocycles. The first-order valence-electron chi connectivity index (χ1n) is 8.85. The monoisotopic (exact) mass is 398 g/mol. The van der Waals surface area contributed by atoms with Gasteiger partial charge in [-0.3, -0.25) is 4.79 Å². The van der Waals surface area contributed by atoms with E-state index in [0.717, 1.165) is 11.1 Å². The van der Waals surface area contributed by atoms with Gasteiger partial charge in [0.15, 0.2) is 11.5 Å². The molecule has 1 aromatic heterocycles. The van der Waals surface area contributed by atoms with Crippen LogP contribution in [-0.4, -0.2) is 32.4 Å². The molecule has 0 spiro atoms. The molecule has 3 aromatic rings. The molecule has 0 fully saturated rings. The molecule has 1 heterocycles. The number of carbonyl (C=O) groups excluding carboxylic acids is 1. The summed E-state index contributed by atoms with van der Waals surface area (Å²) in [5, 5.41) is 6.53. The highest BCUT2D eigenvalue weighted by Gasteiger charge is 2.16. The molecule has 0 aliphatic heterocycles. The Morgan fingerprint density at radius 1 is 0.966 bits per heavy atom. The van der Waals surface area contributed by atoms with Crippen molar-refractivity contribution in [3.63, 3.8) is 0 Å². The number of ether oxygens (including phenoxy) is 4. The van der Waals surface area contributed by atoms with Gasteiger partial charge in [-0.25, -0.2) is 0 Å². The number of nitrogens with one attached hydrogen (secondary N) is 1. The highest BCUT2D eigenvalue weighted by molar-refractivity contribution is 5.91. The minimum atomic E-state index is -0.416. The van der Waals surface area contributed by atoms with Gasteiger partial charge in [-0.2, -0.15) is 0 Å². The number of amides is 1. The Balaban J connectivity index is 1.60. The SMILES string of the molecule is COc1cc(CNC(=O)c2cc(OCc3ccccc3)no2)cc(OC)c1OC. The summed E-state index contributed by atoms with van der Waals surface area (Å²) < 4.78 is 26.5. The average molecular weight is 398 g/mol. The number of rotatable bonds is 9. The van der Waals surface area contributed by atoms with E-state index in [4.69, 9.17) is 23.5 Å². The Labute approximate surface area is 168 Å². The van der Waals surface area contributed by atoms with Crippen LogP contribution in [0.25, 0.3) is 0 Å². The fourth-order valence-corrected chi connectivity index (χ4v) is 2.67. The molecule has 0 saturated heterocycles. The van der Waals surface area contributed by atoms with Crippen LogP contribution in [0.1, 0.15) is 21.7 Å². The zero-order chi connectivity index (χ0) is 20.6. The van der Waals surface area contributed by atoms with Crippen molar-refractivity contribution in [2.45, 2.75) is 13.2 Å². The van der Waals surface area contributed by atoms with Crippen LogP contribution >= 0.6 is 0 Å². The molecule has 152 valence electrons. The van der Waals surface area contributed by atoms with Gasteiger partial charge in [-0.15, -0.1) is 0 Å². The van der Waals surface area contributed by atoms with Crippen molar-refractivity contribution in [3.8, 4) is 23.1 Å². The maximum absolute atomic E-state index is 12.4. The van der Waals surface area contributed by atoms with Gasteiger partial charge in [0.1, 0.15) is 6.61 Å². The highest BCUT2D eigenvalue weighted by atomic mass is 16.5. The minimum Gasteiger partial charge on any atom is -0.493 e. The van der Waals surface area contributed by atoms with E-state index in [2.05, 4.69) is 10.5 Å². The fourth-order valence-electron chi connectivity index (χ4n) is 2.67. The van der Waals surface area contributed by atoms with Crippen LogP contribution in [0, 0.1) is 0 Å². The van der Waals surface area contributed by atoms with Crippen LogP contribution in [0.3, 0.4) is 0 Å². The summed E-state index contributed by atoms with van der Waals surface area (Å²) in [6, 6.07) is 14.6. The third kappa shape index (κ3) is 4.98. The summed E-state index contributed by atoms with van der Waals surface area (Å²) in [4.78, 5) is 12.4.